The average Bonchev–Trinajstić information content (AvgIpc) is 2.64. The molecule has 0 aromatic heterocycles. The minimum atomic E-state index is -0.397. The third-order valence-electron chi connectivity index (χ3n) is 2.94. The van der Waals surface area contributed by atoms with Crippen LogP contribution in [0.25, 0.3) is 6.08 Å². The Bertz CT molecular complexity index is 560. The predicted octanol–water partition coefficient (Wildman–Crippen LogP) is 1.95. The highest BCUT2D eigenvalue weighted by Crippen LogP contribution is 2.16. The highest BCUT2D eigenvalue weighted by atomic mass is 79.9. The number of carbonyl (C=O) groups is 2. The van der Waals surface area contributed by atoms with Crippen molar-refractivity contribution in [3.8, 4) is 0 Å². The molecule has 1 N–H and O–H groups in total. The molecule has 1 heterocycles. The molecular formula is C14H14BrFN2O2. The lowest BCUT2D eigenvalue weighted by atomic mass is 10.2. The van der Waals surface area contributed by atoms with Gasteiger partial charge >= 0.3 is 0 Å². The van der Waals surface area contributed by atoms with Crippen molar-refractivity contribution in [2.24, 2.45) is 0 Å². The Morgan fingerprint density at radius 1 is 1.45 bits per heavy atom. The Kier molecular flexibility index (Phi) is 4.89. The van der Waals surface area contributed by atoms with Crippen LogP contribution in [0.3, 0.4) is 0 Å². The van der Waals surface area contributed by atoms with Gasteiger partial charge in [0, 0.05) is 29.2 Å². The molecule has 106 valence electrons. The first kappa shape index (κ1) is 14.7. The first-order valence-corrected chi connectivity index (χ1v) is 7.04. The van der Waals surface area contributed by atoms with Gasteiger partial charge in [0.2, 0.25) is 11.8 Å². The molecule has 0 saturated carbocycles. The van der Waals surface area contributed by atoms with Crippen molar-refractivity contribution < 1.29 is 14.0 Å². The molecule has 1 aromatic carbocycles. The normalized spacial score (nSPS) is 16.1. The van der Waals surface area contributed by atoms with Crippen molar-refractivity contribution in [1.29, 1.82) is 0 Å². The SMILES string of the molecule is O=C1CN(C(=O)C=Cc2cc(Br)ccc2F)CCCN1. The molecule has 20 heavy (non-hydrogen) atoms. The van der Waals surface area contributed by atoms with Gasteiger partial charge in [-0.05, 0) is 30.7 Å². The first-order chi connectivity index (χ1) is 9.56. The van der Waals surface area contributed by atoms with E-state index >= 15 is 0 Å². The van der Waals surface area contributed by atoms with Crippen LogP contribution in [-0.2, 0) is 9.59 Å². The Labute approximate surface area is 124 Å². The molecule has 6 heteroatoms. The second-order valence-corrected chi connectivity index (χ2v) is 5.38. The Morgan fingerprint density at radius 2 is 2.25 bits per heavy atom. The molecular weight excluding hydrogens is 327 g/mol. The van der Waals surface area contributed by atoms with Gasteiger partial charge in [0.25, 0.3) is 0 Å². The molecule has 0 unspecified atom stereocenters. The summed E-state index contributed by atoms with van der Waals surface area (Å²) >= 11 is 3.25. The second-order valence-electron chi connectivity index (χ2n) is 4.46. The van der Waals surface area contributed by atoms with Gasteiger partial charge in [0.05, 0.1) is 6.54 Å². The monoisotopic (exact) mass is 340 g/mol. The molecule has 4 nitrogen and oxygen atoms in total. The van der Waals surface area contributed by atoms with Gasteiger partial charge in [-0.1, -0.05) is 15.9 Å². The van der Waals surface area contributed by atoms with Crippen LogP contribution in [0, 0.1) is 5.82 Å². The fraction of sp³-hybridized carbons (Fsp3) is 0.286. The van der Waals surface area contributed by atoms with Gasteiger partial charge in [-0.2, -0.15) is 0 Å². The molecule has 1 fully saturated rings. The molecule has 0 radical (unpaired) electrons. The van der Waals surface area contributed by atoms with E-state index in [9.17, 15) is 14.0 Å². The van der Waals surface area contributed by atoms with Crippen molar-refractivity contribution in [2.75, 3.05) is 19.6 Å². The predicted molar refractivity (Wildman–Crippen MR) is 77.3 cm³/mol. The maximum atomic E-state index is 13.5. The van der Waals surface area contributed by atoms with E-state index in [4.69, 9.17) is 0 Å². The standard InChI is InChI=1S/C14H14BrFN2O2/c15-11-3-4-12(16)10(8-11)2-5-14(20)18-7-1-6-17-13(19)9-18/h2-5,8H,1,6-7,9H2,(H,17,19). The van der Waals surface area contributed by atoms with Crippen LogP contribution in [0.4, 0.5) is 4.39 Å². The molecule has 1 saturated heterocycles. The van der Waals surface area contributed by atoms with E-state index < -0.39 is 5.82 Å². The molecule has 1 aliphatic heterocycles. The lowest BCUT2D eigenvalue weighted by Gasteiger charge is -2.16. The Hall–Kier alpha value is -1.69. The van der Waals surface area contributed by atoms with E-state index in [0.717, 1.165) is 10.9 Å². The van der Waals surface area contributed by atoms with Crippen molar-refractivity contribution in [2.45, 2.75) is 6.42 Å². The number of hydrogen-bond acceptors (Lipinski definition) is 2. The van der Waals surface area contributed by atoms with Gasteiger partial charge in [-0.15, -0.1) is 0 Å². The van der Waals surface area contributed by atoms with Crippen LogP contribution in [0.2, 0.25) is 0 Å². The van der Waals surface area contributed by atoms with Crippen LogP contribution in [0.1, 0.15) is 12.0 Å². The van der Waals surface area contributed by atoms with Gasteiger partial charge in [0.1, 0.15) is 5.82 Å². The van der Waals surface area contributed by atoms with E-state index in [1.165, 1.54) is 23.1 Å². The first-order valence-electron chi connectivity index (χ1n) is 6.25. The highest BCUT2D eigenvalue weighted by molar-refractivity contribution is 9.10. The average molecular weight is 341 g/mol. The van der Waals surface area contributed by atoms with Crippen LogP contribution in [-0.4, -0.2) is 36.3 Å². The zero-order valence-corrected chi connectivity index (χ0v) is 12.3. The van der Waals surface area contributed by atoms with Crippen LogP contribution < -0.4 is 5.32 Å². The molecule has 2 amide bonds. The lowest BCUT2D eigenvalue weighted by Crippen LogP contribution is -2.36. The van der Waals surface area contributed by atoms with Crippen molar-refractivity contribution >= 4 is 33.8 Å². The van der Waals surface area contributed by atoms with Crippen LogP contribution in [0.5, 0.6) is 0 Å². The summed E-state index contributed by atoms with van der Waals surface area (Å²) in [4.78, 5) is 24.8. The number of nitrogens with zero attached hydrogens (tertiary/aromatic N) is 1. The smallest absolute Gasteiger partial charge is 0.247 e. The maximum absolute atomic E-state index is 13.5. The maximum Gasteiger partial charge on any atom is 0.247 e. The fourth-order valence-electron chi connectivity index (χ4n) is 1.90. The minimum Gasteiger partial charge on any atom is -0.354 e. The zero-order valence-electron chi connectivity index (χ0n) is 10.7. The number of halogens is 2. The van der Waals surface area contributed by atoms with E-state index in [1.54, 1.807) is 12.1 Å². The Morgan fingerprint density at radius 3 is 3.05 bits per heavy atom. The lowest BCUT2D eigenvalue weighted by molar-refractivity contribution is -0.131. The van der Waals surface area contributed by atoms with Crippen molar-refractivity contribution in [3.63, 3.8) is 0 Å². The molecule has 1 aromatic rings. The summed E-state index contributed by atoms with van der Waals surface area (Å²) in [7, 11) is 0. The fourth-order valence-corrected chi connectivity index (χ4v) is 2.28. The summed E-state index contributed by atoms with van der Waals surface area (Å²) in [5, 5.41) is 2.70. The van der Waals surface area contributed by atoms with Crippen LogP contribution in [0.15, 0.2) is 28.7 Å². The quantitative estimate of drug-likeness (QED) is 0.836. The topological polar surface area (TPSA) is 49.4 Å². The van der Waals surface area contributed by atoms with E-state index in [1.807, 2.05) is 0 Å². The molecule has 0 bridgehead atoms. The third-order valence-corrected chi connectivity index (χ3v) is 3.43. The van der Waals surface area contributed by atoms with Crippen molar-refractivity contribution in [3.05, 3.63) is 40.1 Å². The van der Waals surface area contributed by atoms with Crippen molar-refractivity contribution in [1.82, 2.24) is 10.2 Å². The van der Waals surface area contributed by atoms with Gasteiger partial charge in [-0.25, -0.2) is 4.39 Å². The number of nitrogens with one attached hydrogen (secondary N) is 1. The summed E-state index contributed by atoms with van der Waals surface area (Å²) in [5.41, 5.74) is 0.326. The number of benzene rings is 1. The number of carbonyl (C=O) groups excluding carboxylic acids is 2. The van der Waals surface area contributed by atoms with E-state index in [-0.39, 0.29) is 18.4 Å². The summed E-state index contributed by atoms with van der Waals surface area (Å²) in [6, 6.07) is 4.51. The largest absolute Gasteiger partial charge is 0.354 e. The summed E-state index contributed by atoms with van der Waals surface area (Å²) < 4.78 is 14.3. The molecule has 0 spiro atoms. The highest BCUT2D eigenvalue weighted by Gasteiger charge is 2.17. The van der Waals surface area contributed by atoms with Crippen LogP contribution >= 0.6 is 15.9 Å². The third kappa shape index (κ3) is 3.90. The summed E-state index contributed by atoms with van der Waals surface area (Å²) in [6.07, 6.45) is 3.44. The molecule has 2 rings (SSSR count). The van der Waals surface area contributed by atoms with E-state index in [2.05, 4.69) is 21.2 Å². The number of rotatable bonds is 2. The molecule has 0 atom stereocenters. The number of amides is 2. The Balaban J connectivity index is 2.08. The minimum absolute atomic E-state index is 0.0458. The van der Waals surface area contributed by atoms with E-state index in [0.29, 0.717) is 18.7 Å². The summed E-state index contributed by atoms with van der Waals surface area (Å²) in [5.74, 6) is -0.856. The summed E-state index contributed by atoms with van der Waals surface area (Å²) in [6.45, 7) is 1.14. The zero-order chi connectivity index (χ0) is 14.5. The van der Waals surface area contributed by atoms with Gasteiger partial charge in [0.15, 0.2) is 0 Å². The van der Waals surface area contributed by atoms with Gasteiger partial charge in [-0.3, -0.25) is 9.59 Å². The molecule has 1 aliphatic rings. The second kappa shape index (κ2) is 6.65. The number of hydrogen-bond donors (Lipinski definition) is 1. The molecule has 0 aliphatic carbocycles. The van der Waals surface area contributed by atoms with Gasteiger partial charge < -0.3 is 10.2 Å².